The fourth-order valence-electron chi connectivity index (χ4n) is 2.98. The number of ether oxygens (including phenoxy) is 2. The Labute approximate surface area is 175 Å². The van der Waals surface area contributed by atoms with Crippen molar-refractivity contribution in [2.24, 2.45) is 5.92 Å². The monoisotopic (exact) mass is 421 g/mol. The van der Waals surface area contributed by atoms with Crippen molar-refractivity contribution < 1.29 is 14.3 Å². The molecular formula is C19H33Cl2N3O3. The van der Waals surface area contributed by atoms with Gasteiger partial charge in [0, 0.05) is 19.6 Å². The fraction of sp³-hybridized carbons (Fsp3) is 0.632. The molecule has 1 fully saturated rings. The van der Waals surface area contributed by atoms with E-state index in [1.165, 1.54) is 0 Å². The summed E-state index contributed by atoms with van der Waals surface area (Å²) in [6.07, 6.45) is 0.911. The lowest BCUT2D eigenvalue weighted by Crippen LogP contribution is -2.31. The third kappa shape index (κ3) is 8.13. The van der Waals surface area contributed by atoms with Crippen LogP contribution in [0.15, 0.2) is 18.2 Å². The van der Waals surface area contributed by atoms with Crippen molar-refractivity contribution in [2.45, 2.75) is 26.8 Å². The number of carbonyl (C=O) groups is 1. The van der Waals surface area contributed by atoms with Gasteiger partial charge in [-0.3, -0.25) is 4.79 Å². The van der Waals surface area contributed by atoms with Crippen LogP contribution in [0.2, 0.25) is 0 Å². The van der Waals surface area contributed by atoms with Crippen LogP contribution < -0.4 is 20.1 Å². The quantitative estimate of drug-likeness (QED) is 0.607. The highest BCUT2D eigenvalue weighted by Crippen LogP contribution is 2.28. The second-order valence-electron chi connectivity index (χ2n) is 6.27. The molecule has 1 unspecified atom stereocenters. The zero-order valence-electron chi connectivity index (χ0n) is 16.5. The van der Waals surface area contributed by atoms with Crippen LogP contribution in [0.5, 0.6) is 11.5 Å². The van der Waals surface area contributed by atoms with Gasteiger partial charge in [-0.15, -0.1) is 24.8 Å². The number of rotatable bonds is 10. The molecule has 1 aliphatic heterocycles. The highest BCUT2D eigenvalue weighted by atomic mass is 35.5. The lowest BCUT2D eigenvalue weighted by atomic mass is 10.1. The highest BCUT2D eigenvalue weighted by molar-refractivity contribution is 5.85. The normalized spacial score (nSPS) is 15.6. The Hall–Kier alpha value is -1.21. The van der Waals surface area contributed by atoms with Gasteiger partial charge in [-0.2, -0.15) is 0 Å². The summed E-state index contributed by atoms with van der Waals surface area (Å²) in [5, 5.41) is 6.22. The molecule has 1 heterocycles. The Morgan fingerprint density at radius 1 is 1.26 bits per heavy atom. The molecule has 0 saturated carbocycles. The average molecular weight is 422 g/mol. The number of nitrogens with zero attached hydrogens (tertiary/aromatic N) is 1. The van der Waals surface area contributed by atoms with E-state index in [-0.39, 0.29) is 36.6 Å². The Morgan fingerprint density at radius 3 is 2.59 bits per heavy atom. The summed E-state index contributed by atoms with van der Waals surface area (Å²) in [4.78, 5) is 14.4. The number of hydrogen-bond donors (Lipinski definition) is 2. The van der Waals surface area contributed by atoms with E-state index < -0.39 is 0 Å². The molecule has 0 radical (unpaired) electrons. The van der Waals surface area contributed by atoms with Gasteiger partial charge in [0.1, 0.15) is 6.61 Å². The minimum atomic E-state index is 0. The van der Waals surface area contributed by atoms with Crippen molar-refractivity contribution in [1.29, 1.82) is 0 Å². The summed E-state index contributed by atoms with van der Waals surface area (Å²) in [5.74, 6) is 1.65. The minimum absolute atomic E-state index is 0. The van der Waals surface area contributed by atoms with Gasteiger partial charge in [-0.05, 0) is 43.8 Å². The molecule has 0 aromatic heterocycles. The predicted molar refractivity (Wildman–Crippen MR) is 114 cm³/mol. The van der Waals surface area contributed by atoms with E-state index in [4.69, 9.17) is 9.47 Å². The zero-order valence-corrected chi connectivity index (χ0v) is 18.1. The van der Waals surface area contributed by atoms with Crippen molar-refractivity contribution in [3.63, 3.8) is 0 Å². The number of halogens is 2. The summed E-state index contributed by atoms with van der Waals surface area (Å²) < 4.78 is 11.3. The molecule has 0 aliphatic carbocycles. The Bertz CT molecular complexity index is 551. The summed E-state index contributed by atoms with van der Waals surface area (Å²) in [7, 11) is 1.64. The van der Waals surface area contributed by atoms with Crippen molar-refractivity contribution in [2.75, 3.05) is 46.4 Å². The van der Waals surface area contributed by atoms with E-state index in [2.05, 4.69) is 29.4 Å². The van der Waals surface area contributed by atoms with Crippen LogP contribution >= 0.6 is 24.8 Å². The number of nitrogens with one attached hydrogen (secondary N) is 2. The topological polar surface area (TPSA) is 62.8 Å². The summed E-state index contributed by atoms with van der Waals surface area (Å²) in [6, 6.07) is 5.82. The average Bonchev–Trinajstić information content (AvgIpc) is 3.18. The second kappa shape index (κ2) is 13.9. The number of amides is 1. The fourth-order valence-corrected chi connectivity index (χ4v) is 2.98. The molecule has 27 heavy (non-hydrogen) atoms. The van der Waals surface area contributed by atoms with Crippen LogP contribution in [0.25, 0.3) is 0 Å². The van der Waals surface area contributed by atoms with E-state index in [0.29, 0.717) is 18.9 Å². The summed E-state index contributed by atoms with van der Waals surface area (Å²) >= 11 is 0. The van der Waals surface area contributed by atoms with Crippen molar-refractivity contribution in [1.82, 2.24) is 15.5 Å². The standard InChI is InChI=1S/C19H31N3O3.2ClH/c1-4-22(5-2)10-11-25-17-7-6-15(12-18(17)24-3)13-21-19(23)16-8-9-20-14-16;;/h6-7,12,16,20H,4-5,8-11,13-14H2,1-3H3,(H,21,23);2*1H. The van der Waals surface area contributed by atoms with Crippen LogP contribution in [-0.4, -0.2) is 57.2 Å². The van der Waals surface area contributed by atoms with Gasteiger partial charge in [-0.25, -0.2) is 0 Å². The Morgan fingerprint density at radius 2 is 2.00 bits per heavy atom. The largest absolute Gasteiger partial charge is 0.493 e. The van der Waals surface area contributed by atoms with E-state index in [1.54, 1.807) is 7.11 Å². The molecule has 1 aliphatic rings. The molecule has 2 rings (SSSR count). The maximum Gasteiger partial charge on any atom is 0.224 e. The first kappa shape index (κ1) is 25.8. The third-order valence-corrected chi connectivity index (χ3v) is 4.69. The number of likely N-dealkylation sites (N-methyl/N-ethyl adjacent to an activating group) is 1. The molecular weight excluding hydrogens is 389 g/mol. The van der Waals surface area contributed by atoms with Crippen molar-refractivity contribution in [3.8, 4) is 11.5 Å². The van der Waals surface area contributed by atoms with Crippen molar-refractivity contribution >= 4 is 30.7 Å². The number of methoxy groups -OCH3 is 1. The lowest BCUT2D eigenvalue weighted by Gasteiger charge is -2.19. The van der Waals surface area contributed by atoms with E-state index in [9.17, 15) is 4.79 Å². The number of carbonyl (C=O) groups excluding carboxylic acids is 1. The van der Waals surface area contributed by atoms with Gasteiger partial charge in [0.15, 0.2) is 11.5 Å². The van der Waals surface area contributed by atoms with E-state index >= 15 is 0 Å². The van der Waals surface area contributed by atoms with Crippen LogP contribution in [0.3, 0.4) is 0 Å². The summed E-state index contributed by atoms with van der Waals surface area (Å²) in [5.41, 5.74) is 1.01. The molecule has 1 saturated heterocycles. The highest BCUT2D eigenvalue weighted by Gasteiger charge is 2.21. The molecule has 1 aromatic carbocycles. The molecule has 1 amide bonds. The van der Waals surface area contributed by atoms with Crippen LogP contribution in [0, 0.1) is 5.92 Å². The molecule has 6 nitrogen and oxygen atoms in total. The number of benzene rings is 1. The van der Waals surface area contributed by atoms with Gasteiger partial charge < -0.3 is 25.0 Å². The first-order valence-electron chi connectivity index (χ1n) is 9.18. The van der Waals surface area contributed by atoms with Gasteiger partial charge >= 0.3 is 0 Å². The van der Waals surface area contributed by atoms with Gasteiger partial charge in [0.05, 0.1) is 13.0 Å². The number of hydrogen-bond acceptors (Lipinski definition) is 5. The molecule has 8 heteroatoms. The first-order chi connectivity index (χ1) is 12.2. The Kier molecular flexibility index (Phi) is 13.3. The SMILES string of the molecule is CCN(CC)CCOc1ccc(CNC(=O)C2CCNC2)cc1OC.Cl.Cl. The third-order valence-electron chi connectivity index (χ3n) is 4.69. The predicted octanol–water partition coefficient (Wildman–Crippen LogP) is 2.49. The lowest BCUT2D eigenvalue weighted by molar-refractivity contribution is -0.124. The smallest absolute Gasteiger partial charge is 0.224 e. The summed E-state index contributed by atoms with van der Waals surface area (Å²) in [6.45, 7) is 10.1. The second-order valence-corrected chi connectivity index (χ2v) is 6.27. The molecule has 0 spiro atoms. The van der Waals surface area contributed by atoms with E-state index in [1.807, 2.05) is 18.2 Å². The maximum absolute atomic E-state index is 12.1. The van der Waals surface area contributed by atoms with Crippen LogP contribution in [0.1, 0.15) is 25.8 Å². The van der Waals surface area contributed by atoms with Crippen LogP contribution in [0.4, 0.5) is 0 Å². The molecule has 2 N–H and O–H groups in total. The van der Waals surface area contributed by atoms with E-state index in [0.717, 1.165) is 50.5 Å². The molecule has 0 bridgehead atoms. The molecule has 1 aromatic rings. The molecule has 156 valence electrons. The van der Waals surface area contributed by atoms with Gasteiger partial charge in [0.2, 0.25) is 5.91 Å². The Balaban J connectivity index is 0.00000338. The zero-order chi connectivity index (χ0) is 18.1. The van der Waals surface area contributed by atoms with Gasteiger partial charge in [-0.1, -0.05) is 19.9 Å². The minimum Gasteiger partial charge on any atom is -0.493 e. The first-order valence-corrected chi connectivity index (χ1v) is 9.18. The van der Waals surface area contributed by atoms with Gasteiger partial charge in [0.25, 0.3) is 0 Å². The molecule has 1 atom stereocenters. The van der Waals surface area contributed by atoms with Crippen molar-refractivity contribution in [3.05, 3.63) is 23.8 Å². The maximum atomic E-state index is 12.1. The van der Waals surface area contributed by atoms with Crippen LogP contribution in [-0.2, 0) is 11.3 Å².